The second-order valence-corrected chi connectivity index (χ2v) is 4.60. The summed E-state index contributed by atoms with van der Waals surface area (Å²) in [6.45, 7) is 2.89. The van der Waals surface area contributed by atoms with Crippen LogP contribution in [0.1, 0.15) is 30.8 Å². The van der Waals surface area contributed by atoms with Gasteiger partial charge in [-0.3, -0.25) is 0 Å². The van der Waals surface area contributed by atoms with Crippen molar-refractivity contribution in [2.75, 3.05) is 13.7 Å². The number of nitrogens with one attached hydrogen (secondary N) is 2. The fraction of sp³-hybridized carbons (Fsp3) is 0.400. The van der Waals surface area contributed by atoms with E-state index in [2.05, 4.69) is 22.2 Å². The summed E-state index contributed by atoms with van der Waals surface area (Å²) in [7, 11) is 1.56. The Hall–Kier alpha value is -1.88. The first-order chi connectivity index (χ1) is 9.76. The topological polar surface area (TPSA) is 49.9 Å². The van der Waals surface area contributed by atoms with Crippen molar-refractivity contribution < 1.29 is 9.13 Å². The normalized spacial score (nSPS) is 12.3. The maximum atomic E-state index is 14.2. The van der Waals surface area contributed by atoms with Crippen LogP contribution >= 0.6 is 0 Å². The predicted molar refractivity (Wildman–Crippen MR) is 76.3 cm³/mol. The van der Waals surface area contributed by atoms with E-state index in [1.165, 1.54) is 6.07 Å². The molecular weight excluding hydrogens is 257 g/mol. The van der Waals surface area contributed by atoms with E-state index in [1.54, 1.807) is 31.6 Å². The fourth-order valence-corrected chi connectivity index (χ4v) is 2.23. The van der Waals surface area contributed by atoms with Crippen molar-refractivity contribution >= 4 is 0 Å². The molecule has 0 saturated heterocycles. The highest BCUT2D eigenvalue weighted by Crippen LogP contribution is 2.29. The molecule has 1 atom stereocenters. The Balaban J connectivity index is 2.30. The van der Waals surface area contributed by atoms with Gasteiger partial charge in [0.05, 0.1) is 7.11 Å². The van der Waals surface area contributed by atoms with E-state index in [4.69, 9.17) is 4.74 Å². The molecule has 2 rings (SSSR count). The lowest BCUT2D eigenvalue weighted by molar-refractivity contribution is 0.388. The number of ether oxygens (including phenoxy) is 1. The molecule has 1 aromatic heterocycles. The van der Waals surface area contributed by atoms with Crippen LogP contribution in [-0.4, -0.2) is 23.6 Å². The molecule has 2 aromatic rings. The van der Waals surface area contributed by atoms with Crippen LogP contribution in [0.25, 0.3) is 0 Å². The molecule has 1 unspecified atom stereocenters. The number of H-pyrrole nitrogens is 1. The highest BCUT2D eigenvalue weighted by atomic mass is 19.1. The van der Waals surface area contributed by atoms with Gasteiger partial charge in [0.15, 0.2) is 0 Å². The van der Waals surface area contributed by atoms with Gasteiger partial charge in [-0.05, 0) is 25.1 Å². The molecule has 1 aromatic carbocycles. The van der Waals surface area contributed by atoms with E-state index in [0.29, 0.717) is 17.7 Å². The number of hydrogen-bond donors (Lipinski definition) is 2. The summed E-state index contributed by atoms with van der Waals surface area (Å²) in [6.07, 6.45) is 5.03. The van der Waals surface area contributed by atoms with E-state index in [9.17, 15) is 4.39 Å². The van der Waals surface area contributed by atoms with Crippen LogP contribution in [0.4, 0.5) is 4.39 Å². The van der Waals surface area contributed by atoms with Crippen LogP contribution in [0.2, 0.25) is 0 Å². The third kappa shape index (κ3) is 3.36. The number of methoxy groups -OCH3 is 1. The Morgan fingerprint density at radius 2 is 2.30 bits per heavy atom. The minimum Gasteiger partial charge on any atom is -0.496 e. The Bertz CT molecular complexity index is 528. The Morgan fingerprint density at radius 3 is 2.95 bits per heavy atom. The molecule has 0 aliphatic carbocycles. The minimum absolute atomic E-state index is 0.169. The maximum absolute atomic E-state index is 14.2. The quantitative estimate of drug-likeness (QED) is 0.818. The van der Waals surface area contributed by atoms with Crippen molar-refractivity contribution in [2.45, 2.75) is 25.8 Å². The van der Waals surface area contributed by atoms with E-state index < -0.39 is 0 Å². The number of nitrogens with zero attached hydrogens (tertiary/aromatic N) is 1. The second kappa shape index (κ2) is 7.05. The van der Waals surface area contributed by atoms with E-state index in [-0.39, 0.29) is 11.9 Å². The van der Waals surface area contributed by atoms with Gasteiger partial charge in [0.25, 0.3) is 0 Å². The molecule has 0 fully saturated rings. The molecular formula is C15H20FN3O. The average molecular weight is 277 g/mol. The van der Waals surface area contributed by atoms with Crippen molar-refractivity contribution in [1.82, 2.24) is 15.3 Å². The van der Waals surface area contributed by atoms with Crippen LogP contribution in [0.15, 0.2) is 30.6 Å². The summed E-state index contributed by atoms with van der Waals surface area (Å²) in [4.78, 5) is 7.27. The molecule has 4 nitrogen and oxygen atoms in total. The number of imidazole rings is 1. The molecule has 2 N–H and O–H groups in total. The highest BCUT2D eigenvalue weighted by Gasteiger charge is 2.21. The zero-order valence-electron chi connectivity index (χ0n) is 11.8. The number of rotatable bonds is 7. The zero-order chi connectivity index (χ0) is 14.4. The SMILES string of the molecule is CCCNC(Cc1ncc[nH]1)c1c(F)cccc1OC. The minimum atomic E-state index is -0.260. The molecule has 0 radical (unpaired) electrons. The lowest BCUT2D eigenvalue weighted by Gasteiger charge is -2.21. The summed E-state index contributed by atoms with van der Waals surface area (Å²) in [5.41, 5.74) is 0.555. The molecule has 0 spiro atoms. The van der Waals surface area contributed by atoms with E-state index in [0.717, 1.165) is 18.8 Å². The molecule has 1 heterocycles. The first-order valence-corrected chi connectivity index (χ1v) is 6.80. The van der Waals surface area contributed by atoms with Gasteiger partial charge >= 0.3 is 0 Å². The van der Waals surface area contributed by atoms with Gasteiger partial charge < -0.3 is 15.0 Å². The van der Waals surface area contributed by atoms with Crippen LogP contribution in [0, 0.1) is 5.82 Å². The molecule has 108 valence electrons. The molecule has 20 heavy (non-hydrogen) atoms. The van der Waals surface area contributed by atoms with Crippen LogP contribution in [0.5, 0.6) is 5.75 Å². The Morgan fingerprint density at radius 1 is 1.45 bits per heavy atom. The Kier molecular flexibility index (Phi) is 5.12. The molecule has 0 saturated carbocycles. The van der Waals surface area contributed by atoms with Gasteiger partial charge in [0.1, 0.15) is 17.4 Å². The summed E-state index contributed by atoms with van der Waals surface area (Å²) < 4.78 is 19.5. The van der Waals surface area contributed by atoms with Crippen LogP contribution < -0.4 is 10.1 Å². The van der Waals surface area contributed by atoms with Gasteiger partial charge in [-0.1, -0.05) is 13.0 Å². The van der Waals surface area contributed by atoms with Crippen molar-refractivity contribution in [3.63, 3.8) is 0 Å². The monoisotopic (exact) mass is 277 g/mol. The number of aromatic nitrogens is 2. The lowest BCUT2D eigenvalue weighted by atomic mass is 10.0. The number of halogens is 1. The molecule has 0 amide bonds. The summed E-state index contributed by atoms with van der Waals surface area (Å²) in [5, 5.41) is 3.36. The molecule has 0 aliphatic heterocycles. The summed E-state index contributed by atoms with van der Waals surface area (Å²) in [6, 6.07) is 4.72. The van der Waals surface area contributed by atoms with Gasteiger partial charge in [-0.25, -0.2) is 9.37 Å². The number of aromatic amines is 1. The van der Waals surface area contributed by atoms with Crippen molar-refractivity contribution in [3.05, 3.63) is 47.8 Å². The van der Waals surface area contributed by atoms with Crippen molar-refractivity contribution in [2.24, 2.45) is 0 Å². The molecule has 5 heteroatoms. The predicted octanol–water partition coefficient (Wildman–Crippen LogP) is 2.84. The number of benzene rings is 1. The lowest BCUT2D eigenvalue weighted by Crippen LogP contribution is -2.26. The van der Waals surface area contributed by atoms with Gasteiger partial charge in [0.2, 0.25) is 0 Å². The van der Waals surface area contributed by atoms with Crippen LogP contribution in [-0.2, 0) is 6.42 Å². The molecule has 0 bridgehead atoms. The van der Waals surface area contributed by atoms with Gasteiger partial charge in [-0.2, -0.15) is 0 Å². The standard InChI is InChI=1S/C15H20FN3O/c1-3-7-17-12(10-14-18-8-9-19-14)15-11(16)5-4-6-13(15)20-2/h4-6,8-9,12,17H,3,7,10H2,1-2H3,(H,18,19). The van der Waals surface area contributed by atoms with Gasteiger partial charge in [0, 0.05) is 30.4 Å². The smallest absolute Gasteiger partial charge is 0.131 e. The molecule has 0 aliphatic rings. The first-order valence-electron chi connectivity index (χ1n) is 6.80. The zero-order valence-corrected chi connectivity index (χ0v) is 11.8. The third-order valence-corrected chi connectivity index (χ3v) is 3.17. The Labute approximate surface area is 118 Å². The van der Waals surface area contributed by atoms with Crippen molar-refractivity contribution in [1.29, 1.82) is 0 Å². The third-order valence-electron chi connectivity index (χ3n) is 3.17. The highest BCUT2D eigenvalue weighted by molar-refractivity contribution is 5.37. The van der Waals surface area contributed by atoms with Gasteiger partial charge in [-0.15, -0.1) is 0 Å². The second-order valence-electron chi connectivity index (χ2n) is 4.60. The van der Waals surface area contributed by atoms with E-state index >= 15 is 0 Å². The van der Waals surface area contributed by atoms with Crippen LogP contribution in [0.3, 0.4) is 0 Å². The summed E-state index contributed by atoms with van der Waals surface area (Å²) >= 11 is 0. The fourth-order valence-electron chi connectivity index (χ4n) is 2.23. The first kappa shape index (κ1) is 14.5. The largest absolute Gasteiger partial charge is 0.496 e. The number of hydrogen-bond acceptors (Lipinski definition) is 3. The summed E-state index contributed by atoms with van der Waals surface area (Å²) in [5.74, 6) is 1.12. The van der Waals surface area contributed by atoms with E-state index in [1.807, 2.05) is 0 Å². The average Bonchev–Trinajstić information content (AvgIpc) is 2.96. The van der Waals surface area contributed by atoms with Crippen molar-refractivity contribution in [3.8, 4) is 5.75 Å². The maximum Gasteiger partial charge on any atom is 0.131 e.